The van der Waals surface area contributed by atoms with Gasteiger partial charge in [-0.2, -0.15) is 0 Å². The lowest BCUT2D eigenvalue weighted by Crippen LogP contribution is -2.41. The monoisotopic (exact) mass is 312 g/mol. The number of nitrogens with one attached hydrogen (secondary N) is 1. The molecule has 0 unspecified atom stereocenters. The Morgan fingerprint density at radius 2 is 2.04 bits per heavy atom. The van der Waals surface area contributed by atoms with E-state index in [1.165, 1.54) is 0 Å². The Bertz CT molecular complexity index is 800. The highest BCUT2D eigenvalue weighted by atomic mass is 16.5. The smallest absolute Gasteiger partial charge is 0.267 e. The van der Waals surface area contributed by atoms with Crippen LogP contribution in [0, 0.1) is 5.41 Å². The highest BCUT2D eigenvalue weighted by Gasteiger charge is 2.37. The van der Waals surface area contributed by atoms with Crippen molar-refractivity contribution in [2.45, 2.75) is 26.3 Å². The molecule has 5 nitrogen and oxygen atoms in total. The molecule has 0 radical (unpaired) electrons. The topological polar surface area (TPSA) is 60.3 Å². The Labute approximate surface area is 134 Å². The van der Waals surface area contributed by atoms with Gasteiger partial charge in [0.05, 0.1) is 0 Å². The number of Topliss-reactive ketones (excluding diaryl/α,β-unsaturated/α-hetero) is 1. The lowest BCUT2D eigenvalue weighted by atomic mass is 9.80. The van der Waals surface area contributed by atoms with Crippen molar-refractivity contribution >= 4 is 22.6 Å². The van der Waals surface area contributed by atoms with Crippen molar-refractivity contribution in [2.24, 2.45) is 5.41 Å². The third-order valence-electron chi connectivity index (χ3n) is 5.21. The maximum atomic E-state index is 12.5. The molecule has 120 valence electrons. The van der Waals surface area contributed by atoms with Crippen molar-refractivity contribution in [3.05, 3.63) is 35.5 Å². The normalized spacial score (nSPS) is 20.1. The average Bonchev–Trinajstić information content (AvgIpc) is 2.85. The minimum atomic E-state index is -0.0334. The summed E-state index contributed by atoms with van der Waals surface area (Å²) >= 11 is 0. The number of fused-ring (bicyclic) bond motifs is 3. The molecule has 1 fully saturated rings. The van der Waals surface area contributed by atoms with Crippen LogP contribution >= 0.6 is 0 Å². The number of carbonyl (C=O) groups excluding carboxylic acids is 2. The molecule has 1 saturated heterocycles. The van der Waals surface area contributed by atoms with Crippen molar-refractivity contribution < 1.29 is 14.3 Å². The van der Waals surface area contributed by atoms with Crippen LogP contribution in [0.1, 0.15) is 40.6 Å². The van der Waals surface area contributed by atoms with Gasteiger partial charge in [-0.3, -0.25) is 9.59 Å². The second-order valence-corrected chi connectivity index (χ2v) is 6.74. The van der Waals surface area contributed by atoms with Gasteiger partial charge >= 0.3 is 0 Å². The summed E-state index contributed by atoms with van der Waals surface area (Å²) < 4.78 is 7.60. The predicted molar refractivity (Wildman–Crippen MR) is 86.8 cm³/mol. The molecule has 0 saturated carbocycles. The Balaban J connectivity index is 1.87. The maximum absolute atomic E-state index is 12.5. The first-order chi connectivity index (χ1) is 11.1. The van der Waals surface area contributed by atoms with Gasteiger partial charge in [0.25, 0.3) is 5.91 Å². The third-order valence-corrected chi connectivity index (χ3v) is 5.21. The van der Waals surface area contributed by atoms with Crippen LogP contribution in [0.15, 0.2) is 24.3 Å². The molecule has 2 aromatic rings. The largest absolute Gasteiger partial charge is 0.381 e. The summed E-state index contributed by atoms with van der Waals surface area (Å²) in [6, 6.07) is 7.59. The van der Waals surface area contributed by atoms with Crippen LogP contribution in [-0.2, 0) is 11.3 Å². The highest BCUT2D eigenvalue weighted by Crippen LogP contribution is 2.36. The van der Waals surface area contributed by atoms with E-state index in [0.29, 0.717) is 17.8 Å². The van der Waals surface area contributed by atoms with Gasteiger partial charge < -0.3 is 14.6 Å². The van der Waals surface area contributed by atoms with Gasteiger partial charge in [0, 0.05) is 48.2 Å². The first-order valence-corrected chi connectivity index (χ1v) is 8.08. The molecule has 2 aliphatic rings. The Kier molecular flexibility index (Phi) is 3.27. The molecule has 1 aromatic heterocycles. The second-order valence-electron chi connectivity index (χ2n) is 6.74. The standard InChI is InChI=1S/C18H20N2O3/c1-12(21)13-2-3-14-9-16-17(22)19-10-18(4-6-23-7-5-18)11-20(16)15(14)8-13/h2-3,8-9H,4-7,10-11H2,1H3,(H,19,22). The first kappa shape index (κ1) is 14.5. The van der Waals surface area contributed by atoms with Crippen molar-refractivity contribution in [3.8, 4) is 0 Å². The van der Waals surface area contributed by atoms with Crippen molar-refractivity contribution in [2.75, 3.05) is 19.8 Å². The van der Waals surface area contributed by atoms with Crippen LogP contribution in [0.2, 0.25) is 0 Å². The zero-order valence-electron chi connectivity index (χ0n) is 13.2. The second kappa shape index (κ2) is 5.20. The summed E-state index contributed by atoms with van der Waals surface area (Å²) in [5.41, 5.74) is 2.38. The molecule has 2 aliphatic heterocycles. The fourth-order valence-corrected chi connectivity index (χ4v) is 3.72. The summed E-state index contributed by atoms with van der Waals surface area (Å²) in [4.78, 5) is 24.2. The minimum absolute atomic E-state index is 0.0334. The number of carbonyl (C=O) groups is 2. The third kappa shape index (κ3) is 2.36. The number of hydrogen-bond donors (Lipinski definition) is 1. The van der Waals surface area contributed by atoms with Crippen LogP contribution in [0.4, 0.5) is 0 Å². The molecular weight excluding hydrogens is 292 g/mol. The number of hydrogen-bond acceptors (Lipinski definition) is 3. The van der Waals surface area contributed by atoms with Gasteiger partial charge in [0.1, 0.15) is 5.69 Å². The number of nitrogens with zero attached hydrogens (tertiary/aromatic N) is 1. The molecule has 5 heteroatoms. The number of rotatable bonds is 1. The number of benzene rings is 1. The first-order valence-electron chi connectivity index (χ1n) is 8.08. The summed E-state index contributed by atoms with van der Waals surface area (Å²) in [5, 5.41) is 4.08. The predicted octanol–water partition coefficient (Wildman–Crippen LogP) is 2.38. The maximum Gasteiger partial charge on any atom is 0.267 e. The fraction of sp³-hybridized carbons (Fsp3) is 0.444. The van der Waals surface area contributed by atoms with Gasteiger partial charge in [0.15, 0.2) is 5.78 Å². The molecule has 0 bridgehead atoms. The lowest BCUT2D eigenvalue weighted by molar-refractivity contribution is 0.00884. The summed E-state index contributed by atoms with van der Waals surface area (Å²) in [6.45, 7) is 4.52. The Morgan fingerprint density at radius 3 is 2.78 bits per heavy atom. The molecule has 0 atom stereocenters. The van der Waals surface area contributed by atoms with E-state index in [2.05, 4.69) is 9.88 Å². The van der Waals surface area contributed by atoms with E-state index in [9.17, 15) is 9.59 Å². The molecule has 23 heavy (non-hydrogen) atoms. The molecule has 4 rings (SSSR count). The summed E-state index contributed by atoms with van der Waals surface area (Å²) in [6.07, 6.45) is 1.89. The fourth-order valence-electron chi connectivity index (χ4n) is 3.72. The summed E-state index contributed by atoms with van der Waals surface area (Å²) in [7, 11) is 0. The molecule has 1 N–H and O–H groups in total. The molecular formula is C18H20N2O3. The van der Waals surface area contributed by atoms with E-state index in [1.54, 1.807) is 6.92 Å². The van der Waals surface area contributed by atoms with E-state index < -0.39 is 0 Å². The molecule has 1 amide bonds. The van der Waals surface area contributed by atoms with Crippen LogP contribution in [0.3, 0.4) is 0 Å². The van der Waals surface area contributed by atoms with Crippen LogP contribution in [0.25, 0.3) is 10.9 Å². The van der Waals surface area contributed by atoms with Crippen LogP contribution < -0.4 is 5.32 Å². The number of amides is 1. The molecule has 0 aliphatic carbocycles. The quantitative estimate of drug-likeness (QED) is 0.823. The van der Waals surface area contributed by atoms with Gasteiger partial charge in [-0.25, -0.2) is 0 Å². The van der Waals surface area contributed by atoms with Gasteiger partial charge in [-0.05, 0) is 31.9 Å². The van der Waals surface area contributed by atoms with E-state index in [4.69, 9.17) is 4.74 Å². The summed E-state index contributed by atoms with van der Waals surface area (Å²) in [5.74, 6) is 0.00949. The van der Waals surface area contributed by atoms with Gasteiger partial charge in [0.2, 0.25) is 0 Å². The van der Waals surface area contributed by atoms with E-state index in [0.717, 1.165) is 43.5 Å². The average molecular weight is 312 g/mol. The van der Waals surface area contributed by atoms with E-state index in [1.807, 2.05) is 24.3 Å². The minimum Gasteiger partial charge on any atom is -0.381 e. The zero-order chi connectivity index (χ0) is 16.0. The zero-order valence-corrected chi connectivity index (χ0v) is 13.2. The Morgan fingerprint density at radius 1 is 1.26 bits per heavy atom. The molecule has 1 aromatic carbocycles. The van der Waals surface area contributed by atoms with Crippen LogP contribution in [0.5, 0.6) is 0 Å². The van der Waals surface area contributed by atoms with E-state index in [-0.39, 0.29) is 17.1 Å². The number of ketones is 1. The van der Waals surface area contributed by atoms with Gasteiger partial charge in [-0.1, -0.05) is 12.1 Å². The SMILES string of the molecule is CC(=O)c1ccc2cc3n(c2c1)CC1(CCOCC1)CNC3=O. The van der Waals surface area contributed by atoms with Crippen molar-refractivity contribution in [1.82, 2.24) is 9.88 Å². The van der Waals surface area contributed by atoms with E-state index >= 15 is 0 Å². The van der Waals surface area contributed by atoms with Gasteiger partial charge in [-0.15, -0.1) is 0 Å². The lowest BCUT2D eigenvalue weighted by Gasteiger charge is -2.36. The highest BCUT2D eigenvalue weighted by molar-refractivity contribution is 6.02. The number of ether oxygens (including phenoxy) is 1. The van der Waals surface area contributed by atoms with Crippen LogP contribution in [-0.4, -0.2) is 36.0 Å². The molecule has 3 heterocycles. The van der Waals surface area contributed by atoms with Crippen molar-refractivity contribution in [1.29, 1.82) is 0 Å². The van der Waals surface area contributed by atoms with Crippen molar-refractivity contribution in [3.63, 3.8) is 0 Å². The molecule has 1 spiro atoms. The number of aromatic nitrogens is 1. The Hall–Kier alpha value is -2.14.